The molecule has 0 heterocycles. The molecule has 0 atom stereocenters. The maximum Gasteiger partial charge on any atom is 0.158 e. The summed E-state index contributed by atoms with van der Waals surface area (Å²) in [5.41, 5.74) is 6.61. The van der Waals surface area contributed by atoms with Crippen molar-refractivity contribution in [3.63, 3.8) is 0 Å². The minimum Gasteiger partial charge on any atom is -0.492 e. The van der Waals surface area contributed by atoms with E-state index in [1.54, 1.807) is 32.9 Å². The summed E-state index contributed by atoms with van der Waals surface area (Å²) >= 11 is 0. The van der Waals surface area contributed by atoms with Crippen molar-refractivity contribution in [1.29, 1.82) is 0 Å². The third kappa shape index (κ3) is 3.29. The van der Waals surface area contributed by atoms with Crippen molar-refractivity contribution in [3.8, 4) is 5.75 Å². The maximum atomic E-state index is 12.1. The Morgan fingerprint density at radius 2 is 1.67 bits per heavy atom. The molecule has 2 aromatic rings. The molecular formula is C16H21NO3S. The van der Waals surface area contributed by atoms with Crippen LogP contribution < -0.4 is 10.5 Å². The summed E-state index contributed by atoms with van der Waals surface area (Å²) in [5.74, 6) is 0.652. The fourth-order valence-corrected chi connectivity index (χ4v) is 2.90. The number of nitrogen functional groups attached to an aromatic ring is 1. The van der Waals surface area contributed by atoms with Crippen LogP contribution in [-0.4, -0.2) is 25.5 Å². The standard InChI is InChI=1S/C16H21NO3S/c1-16(2,3)21(18,19)11-10-20-15-9-8-14(17)12-6-4-5-7-13(12)15/h4-9H,10-11,17H2,1-3H3. The lowest BCUT2D eigenvalue weighted by atomic mass is 10.1. The Hall–Kier alpha value is -1.75. The number of sulfone groups is 1. The zero-order valence-corrected chi connectivity index (χ0v) is 13.4. The molecule has 114 valence electrons. The Balaban J connectivity index is 2.17. The van der Waals surface area contributed by atoms with Gasteiger partial charge in [0.15, 0.2) is 9.84 Å². The molecule has 0 amide bonds. The normalized spacial score (nSPS) is 12.5. The van der Waals surface area contributed by atoms with Gasteiger partial charge in [-0.25, -0.2) is 8.42 Å². The van der Waals surface area contributed by atoms with E-state index in [0.717, 1.165) is 10.8 Å². The predicted molar refractivity (Wildman–Crippen MR) is 87.4 cm³/mol. The highest BCUT2D eigenvalue weighted by Gasteiger charge is 2.28. The van der Waals surface area contributed by atoms with Gasteiger partial charge in [0.25, 0.3) is 0 Å². The molecule has 0 bridgehead atoms. The van der Waals surface area contributed by atoms with Crippen molar-refractivity contribution >= 4 is 26.3 Å². The number of benzene rings is 2. The molecule has 2 N–H and O–H groups in total. The average molecular weight is 307 g/mol. The van der Waals surface area contributed by atoms with E-state index in [4.69, 9.17) is 10.5 Å². The smallest absolute Gasteiger partial charge is 0.158 e. The van der Waals surface area contributed by atoms with Crippen molar-refractivity contribution in [2.75, 3.05) is 18.1 Å². The highest BCUT2D eigenvalue weighted by molar-refractivity contribution is 7.92. The van der Waals surface area contributed by atoms with Gasteiger partial charge < -0.3 is 10.5 Å². The summed E-state index contributed by atoms with van der Waals surface area (Å²) in [5, 5.41) is 1.80. The first-order valence-electron chi connectivity index (χ1n) is 6.85. The fraction of sp³-hybridized carbons (Fsp3) is 0.375. The van der Waals surface area contributed by atoms with Gasteiger partial charge in [-0.15, -0.1) is 0 Å². The lowest BCUT2D eigenvalue weighted by molar-refractivity contribution is 0.344. The van der Waals surface area contributed by atoms with E-state index in [1.807, 2.05) is 24.3 Å². The van der Waals surface area contributed by atoms with Crippen LogP contribution in [0, 0.1) is 0 Å². The third-order valence-electron chi connectivity index (χ3n) is 3.46. The quantitative estimate of drug-likeness (QED) is 0.882. The second kappa shape index (κ2) is 5.56. The Labute approximate surface area is 125 Å². The van der Waals surface area contributed by atoms with E-state index in [0.29, 0.717) is 11.4 Å². The van der Waals surface area contributed by atoms with Gasteiger partial charge in [0.1, 0.15) is 12.4 Å². The molecule has 5 heteroatoms. The van der Waals surface area contributed by atoms with E-state index in [-0.39, 0.29) is 12.4 Å². The van der Waals surface area contributed by atoms with Crippen LogP contribution in [-0.2, 0) is 9.84 Å². The minimum atomic E-state index is -3.18. The molecular weight excluding hydrogens is 286 g/mol. The topological polar surface area (TPSA) is 69.4 Å². The highest BCUT2D eigenvalue weighted by Crippen LogP contribution is 2.30. The van der Waals surface area contributed by atoms with Gasteiger partial charge >= 0.3 is 0 Å². The van der Waals surface area contributed by atoms with E-state index in [2.05, 4.69) is 0 Å². The molecule has 0 aliphatic carbocycles. The molecule has 0 unspecified atom stereocenters. The van der Waals surface area contributed by atoms with Crippen LogP contribution in [0.5, 0.6) is 5.75 Å². The zero-order chi connectivity index (χ0) is 15.7. The first-order chi connectivity index (χ1) is 9.72. The number of fused-ring (bicyclic) bond motifs is 1. The van der Waals surface area contributed by atoms with E-state index < -0.39 is 14.6 Å². The van der Waals surface area contributed by atoms with Crippen LogP contribution in [0.2, 0.25) is 0 Å². The molecule has 2 aromatic carbocycles. The first kappa shape index (κ1) is 15.6. The van der Waals surface area contributed by atoms with E-state index in [1.165, 1.54) is 0 Å². The Morgan fingerprint density at radius 1 is 1.05 bits per heavy atom. The van der Waals surface area contributed by atoms with Crippen molar-refractivity contribution in [1.82, 2.24) is 0 Å². The van der Waals surface area contributed by atoms with Gasteiger partial charge in [0.05, 0.1) is 10.5 Å². The minimum absolute atomic E-state index is 0.00476. The molecule has 21 heavy (non-hydrogen) atoms. The SMILES string of the molecule is CC(C)(C)S(=O)(=O)CCOc1ccc(N)c2ccccc12. The van der Waals surface area contributed by atoms with Crippen molar-refractivity contribution < 1.29 is 13.2 Å². The molecule has 0 radical (unpaired) electrons. The predicted octanol–water partition coefficient (Wildman–Crippen LogP) is 3.01. The first-order valence-corrected chi connectivity index (χ1v) is 8.50. The van der Waals surface area contributed by atoms with Crippen molar-refractivity contribution in [2.24, 2.45) is 0 Å². The molecule has 0 aliphatic heterocycles. The third-order valence-corrected chi connectivity index (χ3v) is 6.03. The largest absolute Gasteiger partial charge is 0.492 e. The number of nitrogens with two attached hydrogens (primary N) is 1. The Bertz CT molecular complexity index is 746. The van der Waals surface area contributed by atoms with Gasteiger partial charge in [-0.1, -0.05) is 24.3 Å². The molecule has 0 fully saturated rings. The maximum absolute atomic E-state index is 12.1. The number of hydrogen-bond donors (Lipinski definition) is 1. The van der Waals surface area contributed by atoms with Gasteiger partial charge in [-0.05, 0) is 32.9 Å². The van der Waals surface area contributed by atoms with Crippen LogP contribution in [0.1, 0.15) is 20.8 Å². The second-order valence-electron chi connectivity index (χ2n) is 5.98. The second-order valence-corrected chi connectivity index (χ2v) is 8.84. The van der Waals surface area contributed by atoms with Crippen LogP contribution in [0.25, 0.3) is 10.8 Å². The van der Waals surface area contributed by atoms with Crippen LogP contribution in [0.15, 0.2) is 36.4 Å². The summed E-state index contributed by atoms with van der Waals surface area (Å²) < 4.78 is 29.0. The molecule has 2 rings (SSSR count). The molecule has 0 spiro atoms. The van der Waals surface area contributed by atoms with E-state index >= 15 is 0 Å². The summed E-state index contributed by atoms with van der Waals surface area (Å²) in [7, 11) is -3.18. The zero-order valence-electron chi connectivity index (χ0n) is 12.6. The van der Waals surface area contributed by atoms with Gasteiger partial charge in [0, 0.05) is 16.5 Å². The lowest BCUT2D eigenvalue weighted by Crippen LogP contribution is -2.32. The van der Waals surface area contributed by atoms with Crippen LogP contribution in [0.3, 0.4) is 0 Å². The molecule has 0 saturated carbocycles. The summed E-state index contributed by atoms with van der Waals surface area (Å²) in [6.07, 6.45) is 0. The molecule has 0 aromatic heterocycles. The average Bonchev–Trinajstić information content (AvgIpc) is 2.40. The van der Waals surface area contributed by atoms with Crippen LogP contribution >= 0.6 is 0 Å². The van der Waals surface area contributed by atoms with Crippen molar-refractivity contribution in [3.05, 3.63) is 36.4 Å². The summed E-state index contributed by atoms with van der Waals surface area (Å²) in [4.78, 5) is 0. The van der Waals surface area contributed by atoms with Gasteiger partial charge in [0.2, 0.25) is 0 Å². The highest BCUT2D eigenvalue weighted by atomic mass is 32.2. The number of hydrogen-bond acceptors (Lipinski definition) is 4. The van der Waals surface area contributed by atoms with E-state index in [9.17, 15) is 8.42 Å². The Kier molecular flexibility index (Phi) is 4.14. The Morgan fingerprint density at radius 3 is 2.29 bits per heavy atom. The number of anilines is 1. The number of ether oxygens (including phenoxy) is 1. The molecule has 0 aliphatic rings. The monoisotopic (exact) mass is 307 g/mol. The van der Waals surface area contributed by atoms with Gasteiger partial charge in [-0.3, -0.25) is 0 Å². The number of rotatable bonds is 4. The molecule has 0 saturated heterocycles. The van der Waals surface area contributed by atoms with Crippen LogP contribution in [0.4, 0.5) is 5.69 Å². The molecule has 4 nitrogen and oxygen atoms in total. The summed E-state index contributed by atoms with van der Waals surface area (Å²) in [6.45, 7) is 5.22. The lowest BCUT2D eigenvalue weighted by Gasteiger charge is -2.19. The fourth-order valence-electron chi connectivity index (χ4n) is 1.99. The summed E-state index contributed by atoms with van der Waals surface area (Å²) in [6, 6.07) is 11.2. The van der Waals surface area contributed by atoms with Gasteiger partial charge in [-0.2, -0.15) is 0 Å². The van der Waals surface area contributed by atoms with Crippen molar-refractivity contribution in [2.45, 2.75) is 25.5 Å².